The molecule has 1 aliphatic heterocycles. The van der Waals surface area contributed by atoms with Gasteiger partial charge in [0.25, 0.3) is 0 Å². The number of hydrogen-bond acceptors (Lipinski definition) is 7. The van der Waals surface area contributed by atoms with Gasteiger partial charge in [0.2, 0.25) is 5.78 Å². The van der Waals surface area contributed by atoms with E-state index in [9.17, 15) is 14.4 Å². The number of esters is 2. The van der Waals surface area contributed by atoms with Crippen molar-refractivity contribution in [3.63, 3.8) is 0 Å². The predicted octanol–water partition coefficient (Wildman–Crippen LogP) is 2.94. The second-order valence-electron chi connectivity index (χ2n) is 7.00. The highest BCUT2D eigenvalue weighted by molar-refractivity contribution is 6.04. The van der Waals surface area contributed by atoms with Gasteiger partial charge in [0.15, 0.2) is 17.6 Å². The van der Waals surface area contributed by atoms with E-state index in [4.69, 9.17) is 18.9 Å². The highest BCUT2D eigenvalue weighted by Crippen LogP contribution is 2.31. The largest absolute Gasteiger partial charge is 0.486 e. The molecule has 0 bridgehead atoms. The Morgan fingerprint density at radius 1 is 1.13 bits per heavy atom. The van der Waals surface area contributed by atoms with E-state index >= 15 is 0 Å². The molecule has 0 aliphatic carbocycles. The van der Waals surface area contributed by atoms with Gasteiger partial charge in [-0.3, -0.25) is 9.59 Å². The number of Topliss-reactive ketones (excluding diaryl/α,β-unsaturated/α-hetero) is 1. The summed E-state index contributed by atoms with van der Waals surface area (Å²) in [7, 11) is 0. The summed E-state index contributed by atoms with van der Waals surface area (Å²) in [5.74, 6) is -0.233. The standard InChI is InChI=1S/C22H25NO7/c1-5-27-22(26)19-12(2)20(23-13(19)3)21(25)14(4)30-18(24)11-15-6-7-16-17(10-15)29-9-8-28-16/h6-7,10,14,23H,5,8-9,11H2,1-4H3. The first-order chi connectivity index (χ1) is 14.3. The zero-order valence-electron chi connectivity index (χ0n) is 17.5. The van der Waals surface area contributed by atoms with Crippen LogP contribution in [-0.2, 0) is 20.7 Å². The van der Waals surface area contributed by atoms with Gasteiger partial charge in [-0.1, -0.05) is 6.07 Å². The van der Waals surface area contributed by atoms with E-state index in [0.29, 0.717) is 47.1 Å². The molecule has 1 aromatic heterocycles. The van der Waals surface area contributed by atoms with Crippen LogP contribution >= 0.6 is 0 Å². The number of ketones is 1. The maximum Gasteiger partial charge on any atom is 0.340 e. The van der Waals surface area contributed by atoms with E-state index in [0.717, 1.165) is 0 Å². The van der Waals surface area contributed by atoms with Gasteiger partial charge < -0.3 is 23.9 Å². The third-order valence-corrected chi connectivity index (χ3v) is 4.80. The summed E-state index contributed by atoms with van der Waals surface area (Å²) >= 11 is 0. The molecule has 1 N–H and O–H groups in total. The van der Waals surface area contributed by atoms with Crippen molar-refractivity contribution in [2.75, 3.05) is 19.8 Å². The van der Waals surface area contributed by atoms with Gasteiger partial charge in [0, 0.05) is 5.69 Å². The van der Waals surface area contributed by atoms with E-state index in [2.05, 4.69) is 4.98 Å². The Kier molecular flexibility index (Phi) is 6.44. The molecule has 2 aromatic rings. The minimum Gasteiger partial charge on any atom is -0.486 e. The summed E-state index contributed by atoms with van der Waals surface area (Å²) in [5, 5.41) is 0. The maximum absolute atomic E-state index is 12.8. The first kappa shape index (κ1) is 21.4. The summed E-state index contributed by atoms with van der Waals surface area (Å²) in [5.41, 5.74) is 2.26. The Bertz CT molecular complexity index is 976. The molecule has 8 nitrogen and oxygen atoms in total. The molecule has 0 radical (unpaired) electrons. The normalized spacial score (nSPS) is 13.5. The second-order valence-corrected chi connectivity index (χ2v) is 7.00. The molecule has 1 unspecified atom stereocenters. The van der Waals surface area contributed by atoms with Gasteiger partial charge in [-0.05, 0) is 51.0 Å². The maximum atomic E-state index is 12.8. The van der Waals surface area contributed by atoms with Crippen LogP contribution in [0.15, 0.2) is 18.2 Å². The zero-order valence-corrected chi connectivity index (χ0v) is 17.5. The molecular weight excluding hydrogens is 390 g/mol. The number of aromatic nitrogens is 1. The molecule has 0 amide bonds. The van der Waals surface area contributed by atoms with Crippen LogP contribution in [0.25, 0.3) is 0 Å². The van der Waals surface area contributed by atoms with E-state index in [1.807, 2.05) is 0 Å². The molecule has 0 spiro atoms. The van der Waals surface area contributed by atoms with Gasteiger partial charge in [0.05, 0.1) is 24.3 Å². The summed E-state index contributed by atoms with van der Waals surface area (Å²) < 4.78 is 21.3. The highest BCUT2D eigenvalue weighted by atomic mass is 16.6. The van der Waals surface area contributed by atoms with E-state index < -0.39 is 23.8 Å². The number of rotatable bonds is 7. The van der Waals surface area contributed by atoms with Crippen LogP contribution in [-0.4, -0.2) is 48.6 Å². The van der Waals surface area contributed by atoms with Crippen molar-refractivity contribution < 1.29 is 33.3 Å². The number of hydrogen-bond donors (Lipinski definition) is 1. The fourth-order valence-corrected chi connectivity index (χ4v) is 3.37. The van der Waals surface area contributed by atoms with Crippen LogP contribution in [0.3, 0.4) is 0 Å². The first-order valence-corrected chi connectivity index (χ1v) is 9.80. The lowest BCUT2D eigenvalue weighted by Gasteiger charge is -2.19. The first-order valence-electron chi connectivity index (χ1n) is 9.80. The number of carbonyl (C=O) groups excluding carboxylic acids is 3. The average molecular weight is 415 g/mol. The van der Waals surface area contributed by atoms with Gasteiger partial charge in [0.1, 0.15) is 13.2 Å². The number of aromatic amines is 1. The third-order valence-electron chi connectivity index (χ3n) is 4.80. The predicted molar refractivity (Wildman–Crippen MR) is 107 cm³/mol. The van der Waals surface area contributed by atoms with Crippen molar-refractivity contribution in [1.29, 1.82) is 0 Å². The Balaban J connectivity index is 1.66. The second kappa shape index (κ2) is 9.02. The molecule has 8 heteroatoms. The van der Waals surface area contributed by atoms with Crippen molar-refractivity contribution in [3.8, 4) is 11.5 Å². The Labute approximate surface area is 174 Å². The lowest BCUT2D eigenvalue weighted by atomic mass is 10.1. The molecule has 1 atom stereocenters. The van der Waals surface area contributed by atoms with Gasteiger partial charge in [-0.15, -0.1) is 0 Å². The molecule has 0 fully saturated rings. The molecule has 2 heterocycles. The van der Waals surface area contributed by atoms with Crippen LogP contribution in [0.1, 0.15) is 51.5 Å². The number of nitrogens with one attached hydrogen (secondary N) is 1. The molecule has 3 rings (SSSR count). The van der Waals surface area contributed by atoms with Crippen molar-refractivity contribution in [1.82, 2.24) is 4.98 Å². The third kappa shape index (κ3) is 4.48. The van der Waals surface area contributed by atoms with Crippen LogP contribution in [0, 0.1) is 13.8 Å². The fraction of sp³-hybridized carbons (Fsp3) is 0.409. The molecule has 1 aliphatic rings. The number of aryl methyl sites for hydroxylation is 1. The topological polar surface area (TPSA) is 104 Å². The van der Waals surface area contributed by atoms with E-state index in [-0.39, 0.29) is 18.7 Å². The number of ether oxygens (including phenoxy) is 4. The van der Waals surface area contributed by atoms with E-state index in [1.165, 1.54) is 6.92 Å². The number of carbonyl (C=O) groups is 3. The van der Waals surface area contributed by atoms with Crippen molar-refractivity contribution in [2.24, 2.45) is 0 Å². The van der Waals surface area contributed by atoms with Gasteiger partial charge in [-0.2, -0.15) is 0 Å². The summed E-state index contributed by atoms with van der Waals surface area (Å²) in [6.07, 6.45) is -1.02. The molecule has 1 aromatic carbocycles. The molecular formula is C22H25NO7. The lowest BCUT2D eigenvalue weighted by Crippen LogP contribution is -2.26. The van der Waals surface area contributed by atoms with Crippen LogP contribution < -0.4 is 9.47 Å². The molecule has 30 heavy (non-hydrogen) atoms. The van der Waals surface area contributed by atoms with Gasteiger partial charge >= 0.3 is 11.9 Å². The molecule has 160 valence electrons. The average Bonchev–Trinajstić information content (AvgIpc) is 3.01. The summed E-state index contributed by atoms with van der Waals surface area (Å²) in [4.78, 5) is 40.2. The Hall–Kier alpha value is -3.29. The van der Waals surface area contributed by atoms with E-state index in [1.54, 1.807) is 39.0 Å². The summed E-state index contributed by atoms with van der Waals surface area (Å²) in [6.45, 7) is 7.74. The smallest absolute Gasteiger partial charge is 0.340 e. The number of benzene rings is 1. The molecule has 0 saturated carbocycles. The monoisotopic (exact) mass is 415 g/mol. The number of fused-ring (bicyclic) bond motifs is 1. The minimum absolute atomic E-state index is 0.00886. The van der Waals surface area contributed by atoms with Crippen molar-refractivity contribution >= 4 is 17.7 Å². The Morgan fingerprint density at radius 3 is 2.53 bits per heavy atom. The van der Waals surface area contributed by atoms with Gasteiger partial charge in [-0.25, -0.2) is 4.79 Å². The quantitative estimate of drug-likeness (QED) is 0.548. The fourth-order valence-electron chi connectivity index (χ4n) is 3.37. The van der Waals surface area contributed by atoms with Crippen LogP contribution in [0.2, 0.25) is 0 Å². The lowest BCUT2D eigenvalue weighted by molar-refractivity contribution is -0.145. The SMILES string of the molecule is CCOC(=O)c1c(C)[nH]c(C(=O)C(C)OC(=O)Cc2ccc3c(c2)OCCO3)c1C. The van der Waals surface area contributed by atoms with Crippen LogP contribution in [0.5, 0.6) is 11.5 Å². The highest BCUT2D eigenvalue weighted by Gasteiger charge is 2.27. The van der Waals surface area contributed by atoms with Crippen LogP contribution in [0.4, 0.5) is 0 Å². The number of H-pyrrole nitrogens is 1. The Morgan fingerprint density at radius 2 is 1.83 bits per heavy atom. The summed E-state index contributed by atoms with van der Waals surface area (Å²) in [6, 6.07) is 5.23. The van der Waals surface area contributed by atoms with Crippen molar-refractivity contribution in [2.45, 2.75) is 40.2 Å². The van der Waals surface area contributed by atoms with Crippen molar-refractivity contribution in [3.05, 3.63) is 46.3 Å². The zero-order chi connectivity index (χ0) is 21.8. The molecule has 0 saturated heterocycles. The minimum atomic E-state index is -1.01.